The molecular weight excluding hydrogens is 257 g/mol. The first kappa shape index (κ1) is 15.0. The van der Waals surface area contributed by atoms with Gasteiger partial charge in [0.2, 0.25) is 0 Å². The highest BCUT2D eigenvalue weighted by Gasteiger charge is 2.30. The normalized spacial score (nSPS) is 17.8. The topological polar surface area (TPSA) is 40.5 Å². The van der Waals surface area contributed by atoms with E-state index in [1.165, 1.54) is 6.07 Å². The molecule has 110 valence electrons. The van der Waals surface area contributed by atoms with Crippen molar-refractivity contribution in [2.24, 2.45) is 0 Å². The van der Waals surface area contributed by atoms with Crippen LogP contribution >= 0.6 is 0 Å². The van der Waals surface area contributed by atoms with Gasteiger partial charge in [-0.1, -0.05) is 12.1 Å². The molecule has 0 aromatic heterocycles. The highest BCUT2D eigenvalue weighted by molar-refractivity contribution is 5.66. The lowest BCUT2D eigenvalue weighted by atomic mass is 10.0. The van der Waals surface area contributed by atoms with E-state index < -0.39 is 5.97 Å². The first-order chi connectivity index (χ1) is 9.50. The number of aliphatic carboxylic acids is 1. The highest BCUT2D eigenvalue weighted by atomic mass is 19.1. The van der Waals surface area contributed by atoms with Crippen LogP contribution in [-0.2, 0) is 11.2 Å². The molecule has 0 heterocycles. The summed E-state index contributed by atoms with van der Waals surface area (Å²) in [7, 11) is 0. The maximum Gasteiger partial charge on any atom is 0.303 e. The van der Waals surface area contributed by atoms with Crippen LogP contribution < -0.4 is 0 Å². The highest BCUT2D eigenvalue weighted by Crippen LogP contribution is 2.38. The summed E-state index contributed by atoms with van der Waals surface area (Å²) in [6, 6.07) is 5.83. The molecule has 1 atom stereocenters. The van der Waals surface area contributed by atoms with Crippen LogP contribution in [0.15, 0.2) is 18.2 Å². The molecule has 1 N–H and O–H groups in total. The molecule has 3 nitrogen and oxygen atoms in total. The summed E-state index contributed by atoms with van der Waals surface area (Å²) in [4.78, 5) is 12.9. The maximum atomic E-state index is 13.8. The molecule has 2 rings (SSSR count). The van der Waals surface area contributed by atoms with Gasteiger partial charge < -0.3 is 5.11 Å². The summed E-state index contributed by atoms with van der Waals surface area (Å²) in [5.74, 6) is -0.870. The Morgan fingerprint density at radius 3 is 2.90 bits per heavy atom. The van der Waals surface area contributed by atoms with Gasteiger partial charge in [-0.25, -0.2) is 4.39 Å². The third-order valence-electron chi connectivity index (χ3n) is 4.05. The third-order valence-corrected chi connectivity index (χ3v) is 4.05. The summed E-state index contributed by atoms with van der Waals surface area (Å²) in [6.07, 6.45) is 2.51. The molecule has 20 heavy (non-hydrogen) atoms. The summed E-state index contributed by atoms with van der Waals surface area (Å²) >= 11 is 0. The lowest BCUT2D eigenvalue weighted by Gasteiger charge is -2.33. The average molecular weight is 279 g/mol. The van der Waals surface area contributed by atoms with Crippen molar-refractivity contribution in [3.63, 3.8) is 0 Å². The number of benzene rings is 1. The number of halogens is 1. The molecule has 0 amide bonds. The third kappa shape index (κ3) is 3.18. The molecule has 4 heteroatoms. The summed E-state index contributed by atoms with van der Waals surface area (Å²) in [5, 5.41) is 8.76. The van der Waals surface area contributed by atoms with E-state index >= 15 is 0 Å². The van der Waals surface area contributed by atoms with Gasteiger partial charge in [0, 0.05) is 18.5 Å². The standard InChI is InChI=1S/C16H22FNO2/c1-11(2)18(10-4-7-16(19)20)15-9-8-12-13(15)5-3-6-14(12)17/h3,5-6,11,15H,4,7-10H2,1-2H3,(H,19,20). The van der Waals surface area contributed by atoms with Gasteiger partial charge in [0.05, 0.1) is 0 Å². The molecule has 0 bridgehead atoms. The van der Waals surface area contributed by atoms with Crippen LogP contribution in [-0.4, -0.2) is 28.6 Å². The quantitative estimate of drug-likeness (QED) is 0.867. The zero-order valence-electron chi connectivity index (χ0n) is 12.1. The molecule has 0 aliphatic heterocycles. The number of rotatable bonds is 6. The number of nitrogens with zero attached hydrogens (tertiary/aromatic N) is 1. The van der Waals surface area contributed by atoms with Crippen molar-refractivity contribution in [3.8, 4) is 0 Å². The van der Waals surface area contributed by atoms with E-state index in [0.29, 0.717) is 12.5 Å². The second-order valence-electron chi connectivity index (χ2n) is 5.69. The Balaban J connectivity index is 2.12. The van der Waals surface area contributed by atoms with Crippen molar-refractivity contribution in [1.82, 2.24) is 4.90 Å². The Kier molecular flexibility index (Phi) is 4.76. The lowest BCUT2D eigenvalue weighted by molar-refractivity contribution is -0.137. The SMILES string of the molecule is CC(C)N(CCCC(=O)O)C1CCc2c(F)cccc21. The van der Waals surface area contributed by atoms with Gasteiger partial charge in [0.15, 0.2) is 0 Å². The Morgan fingerprint density at radius 1 is 1.50 bits per heavy atom. The number of fused-ring (bicyclic) bond motifs is 1. The van der Waals surface area contributed by atoms with E-state index in [-0.39, 0.29) is 18.3 Å². The van der Waals surface area contributed by atoms with E-state index in [0.717, 1.165) is 30.5 Å². The van der Waals surface area contributed by atoms with Crippen LogP contribution in [0.1, 0.15) is 50.3 Å². The largest absolute Gasteiger partial charge is 0.481 e. The van der Waals surface area contributed by atoms with Crippen LogP contribution in [0.25, 0.3) is 0 Å². The second-order valence-corrected chi connectivity index (χ2v) is 5.69. The van der Waals surface area contributed by atoms with Gasteiger partial charge in [0.25, 0.3) is 0 Å². The fourth-order valence-corrected chi connectivity index (χ4v) is 3.12. The van der Waals surface area contributed by atoms with Crippen LogP contribution in [0.3, 0.4) is 0 Å². The lowest BCUT2D eigenvalue weighted by Crippen LogP contribution is -2.35. The number of carbonyl (C=O) groups is 1. The predicted octanol–water partition coefficient (Wildman–Crippen LogP) is 3.39. The van der Waals surface area contributed by atoms with Crippen LogP contribution in [0.4, 0.5) is 4.39 Å². The molecule has 0 saturated carbocycles. The van der Waals surface area contributed by atoms with Crippen molar-refractivity contribution < 1.29 is 14.3 Å². The maximum absolute atomic E-state index is 13.8. The van der Waals surface area contributed by atoms with E-state index in [1.54, 1.807) is 6.07 Å². The Bertz CT molecular complexity index is 487. The molecule has 1 aliphatic carbocycles. The Morgan fingerprint density at radius 2 is 2.25 bits per heavy atom. The molecule has 0 saturated heterocycles. The Hall–Kier alpha value is -1.42. The second kappa shape index (κ2) is 6.35. The van der Waals surface area contributed by atoms with Gasteiger partial charge in [-0.15, -0.1) is 0 Å². The molecule has 1 unspecified atom stereocenters. The average Bonchev–Trinajstić information content (AvgIpc) is 2.79. The van der Waals surface area contributed by atoms with E-state index in [9.17, 15) is 9.18 Å². The van der Waals surface area contributed by atoms with Crippen molar-refractivity contribution in [1.29, 1.82) is 0 Å². The fourth-order valence-electron chi connectivity index (χ4n) is 3.12. The first-order valence-electron chi connectivity index (χ1n) is 7.25. The summed E-state index contributed by atoms with van der Waals surface area (Å²) < 4.78 is 13.8. The van der Waals surface area contributed by atoms with Crippen molar-refractivity contribution in [3.05, 3.63) is 35.1 Å². The van der Waals surface area contributed by atoms with Crippen LogP contribution in [0.2, 0.25) is 0 Å². The van der Waals surface area contributed by atoms with Gasteiger partial charge in [-0.05, 0) is 56.8 Å². The van der Waals surface area contributed by atoms with Gasteiger partial charge in [-0.3, -0.25) is 9.69 Å². The summed E-state index contributed by atoms with van der Waals surface area (Å²) in [5.41, 5.74) is 1.91. The van der Waals surface area contributed by atoms with Crippen LogP contribution in [0.5, 0.6) is 0 Å². The van der Waals surface area contributed by atoms with E-state index in [2.05, 4.69) is 18.7 Å². The van der Waals surface area contributed by atoms with Crippen molar-refractivity contribution >= 4 is 5.97 Å². The molecular formula is C16H22FNO2. The Labute approximate surface area is 119 Å². The molecule has 0 radical (unpaired) electrons. The first-order valence-corrected chi connectivity index (χ1v) is 7.25. The van der Waals surface area contributed by atoms with Gasteiger partial charge in [0.1, 0.15) is 5.82 Å². The number of carboxylic acid groups (broad SMARTS) is 1. The molecule has 1 aromatic rings. The number of hydrogen-bond acceptors (Lipinski definition) is 2. The zero-order chi connectivity index (χ0) is 14.7. The monoisotopic (exact) mass is 279 g/mol. The minimum atomic E-state index is -0.758. The van der Waals surface area contributed by atoms with Gasteiger partial charge >= 0.3 is 5.97 Å². The van der Waals surface area contributed by atoms with E-state index in [4.69, 9.17) is 5.11 Å². The minimum Gasteiger partial charge on any atom is -0.481 e. The molecule has 1 aliphatic rings. The number of hydrogen-bond donors (Lipinski definition) is 1. The molecule has 0 fully saturated rings. The van der Waals surface area contributed by atoms with Gasteiger partial charge in [-0.2, -0.15) is 0 Å². The summed E-state index contributed by atoms with van der Waals surface area (Å²) in [6.45, 7) is 4.96. The number of carboxylic acids is 1. The molecule has 0 spiro atoms. The van der Waals surface area contributed by atoms with Crippen molar-refractivity contribution in [2.45, 2.75) is 51.6 Å². The van der Waals surface area contributed by atoms with E-state index in [1.807, 2.05) is 6.07 Å². The smallest absolute Gasteiger partial charge is 0.303 e. The minimum absolute atomic E-state index is 0.112. The van der Waals surface area contributed by atoms with Crippen molar-refractivity contribution in [2.75, 3.05) is 6.54 Å². The fraction of sp³-hybridized carbons (Fsp3) is 0.562. The predicted molar refractivity (Wildman–Crippen MR) is 76.2 cm³/mol. The zero-order valence-corrected chi connectivity index (χ0v) is 12.1. The van der Waals surface area contributed by atoms with Crippen LogP contribution in [0, 0.1) is 5.82 Å². The molecule has 1 aromatic carbocycles.